The van der Waals surface area contributed by atoms with E-state index in [0.29, 0.717) is 17.7 Å². The van der Waals surface area contributed by atoms with Crippen molar-refractivity contribution < 1.29 is 24.8 Å². The van der Waals surface area contributed by atoms with Gasteiger partial charge in [0.15, 0.2) is 5.82 Å². The van der Waals surface area contributed by atoms with E-state index in [4.69, 9.17) is 19.7 Å². The van der Waals surface area contributed by atoms with Gasteiger partial charge in [0.25, 0.3) is 0 Å². The van der Waals surface area contributed by atoms with Gasteiger partial charge in [-0.1, -0.05) is 17.2 Å². The molecule has 2 aliphatic rings. The van der Waals surface area contributed by atoms with Crippen LogP contribution in [-0.2, 0) is 36.0 Å². The van der Waals surface area contributed by atoms with Crippen molar-refractivity contribution in [2.24, 2.45) is 0 Å². The molecule has 4 aromatic heterocycles. The van der Waals surface area contributed by atoms with Gasteiger partial charge in [0.1, 0.15) is 6.33 Å². The summed E-state index contributed by atoms with van der Waals surface area (Å²) in [5.41, 5.74) is 4.84. The Hall–Kier alpha value is -3.04. The maximum Gasteiger partial charge on any atom is 0.240 e. The normalized spacial score (nSPS) is 21.7. The quantitative estimate of drug-likeness (QED) is 0.243. The summed E-state index contributed by atoms with van der Waals surface area (Å²) in [6, 6.07) is 9.96. The maximum atomic E-state index is 6.46. The standard InChI is InChI=1S/C27H24N7OS.Ir/c1-26-8-9-27(2,35-26)20-13-16(5-6-19(20)26)21-17-7-12-36-22(17)18(14-29-21)23-30-24(33(3)4)32-25(31-23)34-11-10-28-15-34;/h6-7,10-15H,8-9H2,1-4H3;/q-1;. The number of ether oxygens (including phenoxy) is 1. The average molecular weight is 687 g/mol. The van der Waals surface area contributed by atoms with Gasteiger partial charge in [0.05, 0.1) is 16.8 Å². The van der Waals surface area contributed by atoms with Crippen molar-refractivity contribution in [3.8, 4) is 28.6 Å². The molecule has 5 aromatic rings. The van der Waals surface area contributed by atoms with Gasteiger partial charge in [0, 0.05) is 57.5 Å². The van der Waals surface area contributed by atoms with Gasteiger partial charge in [-0.05, 0) is 43.1 Å². The van der Waals surface area contributed by atoms with Crippen LogP contribution in [0.1, 0.15) is 37.8 Å². The van der Waals surface area contributed by atoms with E-state index in [-0.39, 0.29) is 31.3 Å². The zero-order valence-corrected chi connectivity index (χ0v) is 24.0. The van der Waals surface area contributed by atoms with E-state index in [9.17, 15) is 0 Å². The molecule has 1 saturated heterocycles. The zero-order chi connectivity index (χ0) is 24.7. The summed E-state index contributed by atoms with van der Waals surface area (Å²) in [5, 5.41) is 3.15. The molecule has 0 amide bonds. The summed E-state index contributed by atoms with van der Waals surface area (Å²) in [7, 11) is 3.83. The van der Waals surface area contributed by atoms with Gasteiger partial charge in [-0.3, -0.25) is 4.57 Å². The molecule has 37 heavy (non-hydrogen) atoms. The second kappa shape index (κ2) is 8.49. The molecule has 1 radical (unpaired) electrons. The number of rotatable bonds is 4. The molecule has 1 aromatic carbocycles. The third-order valence-electron chi connectivity index (χ3n) is 7.35. The molecule has 1 fully saturated rings. The van der Waals surface area contributed by atoms with Gasteiger partial charge in [0.2, 0.25) is 11.9 Å². The number of benzene rings is 1. The molecule has 2 bridgehead atoms. The summed E-state index contributed by atoms with van der Waals surface area (Å²) in [6.07, 6.45) is 9.16. The van der Waals surface area contributed by atoms with E-state index in [2.05, 4.69) is 53.5 Å². The molecule has 8 nitrogen and oxygen atoms in total. The van der Waals surface area contributed by atoms with Crippen molar-refractivity contribution in [2.45, 2.75) is 37.9 Å². The Kier molecular flexibility index (Phi) is 5.58. The smallest absolute Gasteiger partial charge is 0.240 e. The first kappa shape index (κ1) is 24.3. The minimum atomic E-state index is -0.237. The summed E-state index contributed by atoms with van der Waals surface area (Å²) < 4.78 is 9.32. The Morgan fingerprint density at radius 2 is 1.92 bits per heavy atom. The Bertz CT molecular complexity index is 1650. The first-order valence-electron chi connectivity index (χ1n) is 11.9. The monoisotopic (exact) mass is 687 g/mol. The molecule has 0 N–H and O–H groups in total. The van der Waals surface area contributed by atoms with Crippen LogP contribution < -0.4 is 4.90 Å². The Morgan fingerprint density at radius 3 is 2.68 bits per heavy atom. The van der Waals surface area contributed by atoms with Crippen molar-refractivity contribution in [3.05, 3.63) is 65.7 Å². The SMILES string of the molecule is CN(C)c1nc(-c2cnc(-c3[c-]cc4c(c3)C3(C)CCC4(C)O3)c3ccsc23)nc(-n2ccnc2)n1.[Ir]. The van der Waals surface area contributed by atoms with Gasteiger partial charge in [-0.25, -0.2) is 4.98 Å². The van der Waals surface area contributed by atoms with Crippen LogP contribution in [0.5, 0.6) is 0 Å². The van der Waals surface area contributed by atoms with Crippen LogP contribution in [0.2, 0.25) is 0 Å². The molecule has 2 unspecified atom stereocenters. The van der Waals surface area contributed by atoms with Gasteiger partial charge in [-0.2, -0.15) is 15.0 Å². The van der Waals surface area contributed by atoms with Crippen LogP contribution in [0.4, 0.5) is 5.95 Å². The molecule has 10 heteroatoms. The van der Waals surface area contributed by atoms with E-state index >= 15 is 0 Å². The number of anilines is 1. The molecule has 7 rings (SSSR count). The van der Waals surface area contributed by atoms with Crippen molar-refractivity contribution >= 4 is 27.4 Å². The van der Waals surface area contributed by atoms with E-state index in [0.717, 1.165) is 39.7 Å². The Labute approximate surface area is 232 Å². The minimum absolute atomic E-state index is 0. The molecule has 189 valence electrons. The number of fused-ring (bicyclic) bond motifs is 6. The largest absolute Gasteiger partial charge is 0.371 e. The molecule has 2 atom stereocenters. The van der Waals surface area contributed by atoms with Crippen LogP contribution in [0, 0.1) is 6.07 Å². The topological polar surface area (TPSA) is 81.9 Å². The number of hydrogen-bond acceptors (Lipinski definition) is 8. The summed E-state index contributed by atoms with van der Waals surface area (Å²) in [5.74, 6) is 1.66. The van der Waals surface area contributed by atoms with Gasteiger partial charge >= 0.3 is 0 Å². The Morgan fingerprint density at radius 1 is 1.11 bits per heavy atom. The third-order valence-corrected chi connectivity index (χ3v) is 8.30. The molecular formula is C27H24IrN7OS-. The Balaban J connectivity index is 0.00000252. The number of aromatic nitrogens is 6. The van der Waals surface area contributed by atoms with Crippen LogP contribution in [0.25, 0.3) is 38.7 Å². The van der Waals surface area contributed by atoms with E-state index in [1.54, 1.807) is 28.4 Å². The zero-order valence-electron chi connectivity index (χ0n) is 20.8. The molecule has 0 spiro atoms. The fourth-order valence-electron chi connectivity index (χ4n) is 5.46. The molecule has 0 aliphatic carbocycles. The summed E-state index contributed by atoms with van der Waals surface area (Å²) in [4.78, 5) is 25.0. The number of nitrogens with zero attached hydrogens (tertiary/aromatic N) is 7. The first-order chi connectivity index (χ1) is 17.3. The van der Waals surface area contributed by atoms with Crippen molar-refractivity contribution in [2.75, 3.05) is 19.0 Å². The molecular weight excluding hydrogens is 663 g/mol. The van der Waals surface area contributed by atoms with Gasteiger partial charge < -0.3 is 14.6 Å². The van der Waals surface area contributed by atoms with E-state index < -0.39 is 0 Å². The number of thiophene rings is 1. The fraction of sp³-hybridized carbons (Fsp3) is 0.296. The van der Waals surface area contributed by atoms with Crippen LogP contribution in [-0.4, -0.2) is 43.6 Å². The van der Waals surface area contributed by atoms with Crippen molar-refractivity contribution in [1.29, 1.82) is 0 Å². The molecule has 2 aliphatic heterocycles. The van der Waals surface area contributed by atoms with Gasteiger partial charge in [-0.15, -0.1) is 35.1 Å². The van der Waals surface area contributed by atoms with E-state index in [1.807, 2.05) is 31.4 Å². The van der Waals surface area contributed by atoms with Crippen LogP contribution in [0.15, 0.2) is 48.5 Å². The number of hydrogen-bond donors (Lipinski definition) is 0. The predicted octanol–water partition coefficient (Wildman–Crippen LogP) is 5.12. The van der Waals surface area contributed by atoms with Crippen molar-refractivity contribution in [1.82, 2.24) is 29.5 Å². The number of pyridine rings is 1. The maximum absolute atomic E-state index is 6.46. The van der Waals surface area contributed by atoms with Crippen molar-refractivity contribution in [3.63, 3.8) is 0 Å². The predicted molar refractivity (Wildman–Crippen MR) is 139 cm³/mol. The van der Waals surface area contributed by atoms with Crippen LogP contribution >= 0.6 is 11.3 Å². The van der Waals surface area contributed by atoms with Crippen LogP contribution in [0.3, 0.4) is 0 Å². The second-order valence-corrected chi connectivity index (χ2v) is 11.0. The molecule has 0 saturated carbocycles. The third kappa shape index (κ3) is 3.66. The first-order valence-corrected chi connectivity index (χ1v) is 12.8. The fourth-order valence-corrected chi connectivity index (χ4v) is 6.36. The van der Waals surface area contributed by atoms with E-state index in [1.165, 1.54) is 11.1 Å². The summed E-state index contributed by atoms with van der Waals surface area (Å²) in [6.45, 7) is 4.39. The summed E-state index contributed by atoms with van der Waals surface area (Å²) >= 11 is 1.66. The molecule has 6 heterocycles. The number of imidazole rings is 1. The second-order valence-electron chi connectivity index (χ2n) is 10.0. The minimum Gasteiger partial charge on any atom is -0.371 e. The average Bonchev–Trinajstić information content (AvgIpc) is 3.66.